The number of carbonyl (C=O) groups is 1. The predicted octanol–water partition coefficient (Wildman–Crippen LogP) is 3.01. The fraction of sp³-hybridized carbons (Fsp3) is 0.929. The van der Waals surface area contributed by atoms with E-state index in [4.69, 9.17) is 0 Å². The van der Waals surface area contributed by atoms with E-state index < -0.39 is 0 Å². The molecule has 1 unspecified atom stereocenters. The molecule has 2 fully saturated rings. The summed E-state index contributed by atoms with van der Waals surface area (Å²) < 4.78 is 0. The first-order valence-electron chi connectivity index (χ1n) is 7.02. The molecule has 98 valence electrons. The molecule has 1 aliphatic heterocycles. The lowest BCUT2D eigenvalue weighted by Gasteiger charge is -2.29. The van der Waals surface area contributed by atoms with Crippen molar-refractivity contribution in [1.82, 2.24) is 10.2 Å². The number of urea groups is 1. The average molecular weight is 238 g/mol. The molecule has 0 aromatic carbocycles. The normalized spacial score (nSPS) is 26.5. The van der Waals surface area contributed by atoms with Crippen molar-refractivity contribution in [2.24, 2.45) is 11.3 Å². The molecule has 0 aromatic rings. The Morgan fingerprint density at radius 3 is 2.41 bits per heavy atom. The van der Waals surface area contributed by atoms with Crippen molar-refractivity contribution in [1.29, 1.82) is 0 Å². The molecular formula is C14H26N2O. The van der Waals surface area contributed by atoms with Crippen molar-refractivity contribution in [3.05, 3.63) is 0 Å². The Balaban J connectivity index is 1.84. The summed E-state index contributed by atoms with van der Waals surface area (Å²) in [6.07, 6.45) is 5.91. The number of carbonyl (C=O) groups excluding carboxylic acids is 1. The molecule has 1 aliphatic carbocycles. The van der Waals surface area contributed by atoms with Gasteiger partial charge in [-0.2, -0.15) is 0 Å². The first-order chi connectivity index (χ1) is 7.97. The Labute approximate surface area is 105 Å². The largest absolute Gasteiger partial charge is 0.335 e. The molecule has 1 N–H and O–H groups in total. The van der Waals surface area contributed by atoms with Crippen LogP contribution in [0.2, 0.25) is 0 Å². The van der Waals surface area contributed by atoms with Crippen molar-refractivity contribution in [3.8, 4) is 0 Å². The van der Waals surface area contributed by atoms with E-state index in [1.54, 1.807) is 0 Å². The van der Waals surface area contributed by atoms with Gasteiger partial charge in [0.2, 0.25) is 0 Å². The van der Waals surface area contributed by atoms with Gasteiger partial charge < -0.3 is 10.2 Å². The zero-order valence-corrected chi connectivity index (χ0v) is 11.5. The highest BCUT2D eigenvalue weighted by Crippen LogP contribution is 2.34. The molecule has 1 saturated carbocycles. The maximum Gasteiger partial charge on any atom is 0.317 e. The van der Waals surface area contributed by atoms with Gasteiger partial charge in [-0.15, -0.1) is 0 Å². The summed E-state index contributed by atoms with van der Waals surface area (Å²) in [4.78, 5) is 14.0. The third kappa shape index (κ3) is 3.62. The van der Waals surface area contributed by atoms with Gasteiger partial charge in [-0.3, -0.25) is 0 Å². The Bertz CT molecular complexity index is 278. The van der Waals surface area contributed by atoms with Crippen molar-refractivity contribution in [3.63, 3.8) is 0 Å². The smallest absolute Gasteiger partial charge is 0.317 e. The van der Waals surface area contributed by atoms with Gasteiger partial charge in [0, 0.05) is 19.1 Å². The van der Waals surface area contributed by atoms with Crippen LogP contribution in [0, 0.1) is 11.3 Å². The lowest BCUT2D eigenvalue weighted by Crippen LogP contribution is -2.41. The van der Waals surface area contributed by atoms with Gasteiger partial charge in [0.1, 0.15) is 0 Å². The topological polar surface area (TPSA) is 32.3 Å². The van der Waals surface area contributed by atoms with Crippen LogP contribution in [0.25, 0.3) is 0 Å². The van der Waals surface area contributed by atoms with Crippen LogP contribution in [0.5, 0.6) is 0 Å². The molecule has 1 heterocycles. The molecule has 1 saturated heterocycles. The molecule has 0 aromatic heterocycles. The lowest BCUT2D eigenvalue weighted by molar-refractivity contribution is 0.190. The van der Waals surface area contributed by atoms with E-state index in [-0.39, 0.29) is 6.03 Å². The Morgan fingerprint density at radius 1 is 1.12 bits per heavy atom. The van der Waals surface area contributed by atoms with E-state index in [9.17, 15) is 4.79 Å². The fourth-order valence-electron chi connectivity index (χ4n) is 2.66. The first-order valence-corrected chi connectivity index (χ1v) is 7.02. The second-order valence-electron chi connectivity index (χ2n) is 6.70. The van der Waals surface area contributed by atoms with Gasteiger partial charge in [0.15, 0.2) is 0 Å². The molecule has 17 heavy (non-hydrogen) atoms. The van der Waals surface area contributed by atoms with Crippen LogP contribution in [0.3, 0.4) is 0 Å². The first kappa shape index (κ1) is 12.7. The van der Waals surface area contributed by atoms with Crippen molar-refractivity contribution >= 4 is 6.03 Å². The van der Waals surface area contributed by atoms with Crippen LogP contribution in [0.4, 0.5) is 4.79 Å². The second-order valence-corrected chi connectivity index (χ2v) is 6.70. The van der Waals surface area contributed by atoms with Gasteiger partial charge in [0.05, 0.1) is 0 Å². The summed E-state index contributed by atoms with van der Waals surface area (Å²) in [5.74, 6) is 0.751. The van der Waals surface area contributed by atoms with Crippen LogP contribution < -0.4 is 5.32 Å². The summed E-state index contributed by atoms with van der Waals surface area (Å²) >= 11 is 0. The van der Waals surface area contributed by atoms with E-state index >= 15 is 0 Å². The Morgan fingerprint density at radius 2 is 1.82 bits per heavy atom. The molecule has 2 aliphatic rings. The highest BCUT2D eigenvalue weighted by atomic mass is 16.2. The predicted molar refractivity (Wildman–Crippen MR) is 69.9 cm³/mol. The summed E-state index contributed by atoms with van der Waals surface area (Å²) in [7, 11) is 0. The zero-order chi connectivity index (χ0) is 12.5. The monoisotopic (exact) mass is 238 g/mol. The molecule has 3 heteroatoms. The molecule has 1 atom stereocenters. The highest BCUT2D eigenvalue weighted by Gasteiger charge is 2.30. The number of rotatable bonds is 1. The summed E-state index contributed by atoms with van der Waals surface area (Å²) in [6, 6.07) is 0.645. The number of hydrogen-bond acceptors (Lipinski definition) is 1. The number of hydrogen-bond donors (Lipinski definition) is 1. The maximum atomic E-state index is 12.0. The molecule has 0 spiro atoms. The van der Waals surface area contributed by atoms with Crippen LogP contribution in [0.1, 0.15) is 52.9 Å². The minimum absolute atomic E-state index is 0.169. The van der Waals surface area contributed by atoms with Crippen LogP contribution in [-0.2, 0) is 0 Å². The van der Waals surface area contributed by atoms with Gasteiger partial charge in [-0.1, -0.05) is 20.8 Å². The average Bonchev–Trinajstić information content (AvgIpc) is 2.99. The summed E-state index contributed by atoms with van der Waals surface area (Å²) in [6.45, 7) is 8.82. The minimum Gasteiger partial charge on any atom is -0.335 e. The van der Waals surface area contributed by atoms with Crippen molar-refractivity contribution < 1.29 is 4.79 Å². The van der Waals surface area contributed by atoms with Crippen LogP contribution >= 0.6 is 0 Å². The Kier molecular flexibility index (Phi) is 3.64. The number of amides is 2. The molecule has 2 amide bonds. The van der Waals surface area contributed by atoms with Crippen molar-refractivity contribution in [2.45, 2.75) is 58.9 Å². The molecule has 3 nitrogen and oxygen atoms in total. The van der Waals surface area contributed by atoms with E-state index in [0.717, 1.165) is 31.8 Å². The SMILES string of the molecule is CC(C)(C)C1CCCN(C(=O)NC2CC2)CC1. The molecule has 2 rings (SSSR count). The number of nitrogens with one attached hydrogen (secondary N) is 1. The van der Waals surface area contributed by atoms with E-state index in [1.165, 1.54) is 19.3 Å². The van der Waals surface area contributed by atoms with Crippen LogP contribution in [0.15, 0.2) is 0 Å². The van der Waals surface area contributed by atoms with E-state index in [1.807, 2.05) is 4.90 Å². The molecular weight excluding hydrogens is 212 g/mol. The minimum atomic E-state index is 0.169. The summed E-state index contributed by atoms with van der Waals surface area (Å²) in [5, 5.41) is 3.09. The summed E-state index contributed by atoms with van der Waals surface area (Å²) in [5.41, 5.74) is 0.378. The maximum absolute atomic E-state index is 12.0. The third-order valence-corrected chi connectivity index (χ3v) is 4.15. The van der Waals surface area contributed by atoms with Gasteiger partial charge >= 0.3 is 6.03 Å². The zero-order valence-electron chi connectivity index (χ0n) is 11.5. The number of nitrogens with zero attached hydrogens (tertiary/aromatic N) is 1. The second kappa shape index (κ2) is 4.87. The quantitative estimate of drug-likeness (QED) is 0.748. The standard InChI is InChI=1S/C14H26N2O/c1-14(2,3)11-5-4-9-16(10-8-11)13(17)15-12-6-7-12/h11-12H,4-10H2,1-3H3,(H,15,17). The molecule has 0 radical (unpaired) electrons. The third-order valence-electron chi connectivity index (χ3n) is 4.15. The highest BCUT2D eigenvalue weighted by molar-refractivity contribution is 5.74. The number of likely N-dealkylation sites (tertiary alicyclic amines) is 1. The van der Waals surface area contributed by atoms with E-state index in [2.05, 4.69) is 26.1 Å². The fourth-order valence-corrected chi connectivity index (χ4v) is 2.66. The van der Waals surface area contributed by atoms with Gasteiger partial charge in [0.25, 0.3) is 0 Å². The van der Waals surface area contributed by atoms with Gasteiger partial charge in [-0.05, 0) is 43.4 Å². The van der Waals surface area contributed by atoms with Crippen LogP contribution in [-0.4, -0.2) is 30.1 Å². The van der Waals surface area contributed by atoms with Gasteiger partial charge in [-0.25, -0.2) is 4.79 Å². The lowest BCUT2D eigenvalue weighted by atomic mass is 9.77. The molecule has 0 bridgehead atoms. The Hall–Kier alpha value is -0.730. The van der Waals surface area contributed by atoms with Crippen molar-refractivity contribution in [2.75, 3.05) is 13.1 Å². The van der Waals surface area contributed by atoms with E-state index in [0.29, 0.717) is 11.5 Å².